The van der Waals surface area contributed by atoms with E-state index < -0.39 is 17.8 Å². The van der Waals surface area contributed by atoms with Crippen molar-refractivity contribution in [3.63, 3.8) is 0 Å². The smallest absolute Gasteiger partial charge is 0.316 e. The maximum atomic E-state index is 12.3. The van der Waals surface area contributed by atoms with Gasteiger partial charge in [-0.1, -0.05) is 48.5 Å². The third-order valence-electron chi connectivity index (χ3n) is 3.57. The van der Waals surface area contributed by atoms with Gasteiger partial charge < -0.3 is 9.52 Å². The molecule has 0 fully saturated rings. The number of fused-ring (bicyclic) bond motifs is 1. The van der Waals surface area contributed by atoms with E-state index in [1.807, 2.05) is 36.4 Å². The van der Waals surface area contributed by atoms with Gasteiger partial charge in [-0.2, -0.15) is 0 Å². The van der Waals surface area contributed by atoms with Crippen molar-refractivity contribution in [2.75, 3.05) is 5.32 Å². The molecule has 0 spiro atoms. The molecule has 0 bridgehead atoms. The monoisotopic (exact) mass is 309 g/mol. The molecule has 1 amide bonds. The third kappa shape index (κ3) is 3.40. The number of hydrogen-bond acceptors (Lipinski definition) is 3. The highest BCUT2D eigenvalue weighted by Crippen LogP contribution is 2.23. The van der Waals surface area contributed by atoms with Crippen molar-refractivity contribution in [2.45, 2.75) is 6.42 Å². The molecule has 116 valence electrons. The van der Waals surface area contributed by atoms with Gasteiger partial charge in [0, 0.05) is 11.5 Å². The molecule has 5 nitrogen and oxygen atoms in total. The van der Waals surface area contributed by atoms with E-state index in [1.54, 1.807) is 24.3 Å². The van der Waals surface area contributed by atoms with Crippen molar-refractivity contribution in [3.8, 4) is 0 Å². The predicted molar refractivity (Wildman–Crippen MR) is 86.1 cm³/mol. The average Bonchev–Trinajstić information content (AvgIpc) is 2.95. The minimum atomic E-state index is -1.18. The Hall–Kier alpha value is -3.08. The molecule has 0 aliphatic rings. The summed E-state index contributed by atoms with van der Waals surface area (Å²) in [6, 6.07) is 18.1. The van der Waals surface area contributed by atoms with Crippen molar-refractivity contribution in [3.05, 3.63) is 66.2 Å². The van der Waals surface area contributed by atoms with Crippen molar-refractivity contribution in [2.24, 2.45) is 5.92 Å². The van der Waals surface area contributed by atoms with Crippen molar-refractivity contribution >= 4 is 28.7 Å². The molecule has 1 heterocycles. The highest BCUT2D eigenvalue weighted by atomic mass is 16.4. The zero-order valence-electron chi connectivity index (χ0n) is 12.2. The Kier molecular flexibility index (Phi) is 4.10. The summed E-state index contributed by atoms with van der Waals surface area (Å²) in [6.45, 7) is 0. The zero-order chi connectivity index (χ0) is 16.2. The van der Waals surface area contributed by atoms with Crippen LogP contribution < -0.4 is 5.32 Å². The van der Waals surface area contributed by atoms with Crippen molar-refractivity contribution in [1.82, 2.24) is 0 Å². The Morgan fingerprint density at radius 1 is 1.04 bits per heavy atom. The van der Waals surface area contributed by atoms with Gasteiger partial charge in [0.15, 0.2) is 0 Å². The first-order chi connectivity index (χ1) is 11.1. The van der Waals surface area contributed by atoms with Crippen LogP contribution in [0.3, 0.4) is 0 Å². The standard InChI is InChI=1S/C18H15NO4/c20-17(14(18(21)22)10-12-6-2-1-3-7-12)19-16-11-13-8-4-5-9-15(13)23-16/h1-9,11,14H,10H2,(H,19,20)(H,21,22). The molecule has 0 aliphatic heterocycles. The lowest BCUT2D eigenvalue weighted by Gasteiger charge is -2.11. The normalized spacial score (nSPS) is 12.0. The molecule has 0 aliphatic carbocycles. The highest BCUT2D eigenvalue weighted by molar-refractivity contribution is 6.04. The second kappa shape index (κ2) is 6.36. The molecule has 0 saturated heterocycles. The Morgan fingerprint density at radius 3 is 2.43 bits per heavy atom. The van der Waals surface area contributed by atoms with E-state index >= 15 is 0 Å². The molecular formula is C18H15NO4. The molecule has 0 saturated carbocycles. The number of aliphatic carboxylic acids is 1. The number of rotatable bonds is 5. The lowest BCUT2D eigenvalue weighted by Crippen LogP contribution is -2.31. The fraction of sp³-hybridized carbons (Fsp3) is 0.111. The van der Waals surface area contributed by atoms with Gasteiger partial charge in [0.1, 0.15) is 11.5 Å². The number of amides is 1. The van der Waals surface area contributed by atoms with E-state index in [0.29, 0.717) is 5.58 Å². The fourth-order valence-corrected chi connectivity index (χ4v) is 2.39. The Bertz CT molecular complexity index is 805. The molecule has 3 aromatic rings. The predicted octanol–water partition coefficient (Wildman–Crippen LogP) is 3.31. The highest BCUT2D eigenvalue weighted by Gasteiger charge is 2.27. The molecule has 3 rings (SSSR count). The summed E-state index contributed by atoms with van der Waals surface area (Å²) < 4.78 is 5.49. The van der Waals surface area contributed by atoms with Gasteiger partial charge in [-0.25, -0.2) is 0 Å². The van der Waals surface area contributed by atoms with Crippen molar-refractivity contribution < 1.29 is 19.1 Å². The second-order valence-electron chi connectivity index (χ2n) is 5.22. The van der Waals surface area contributed by atoms with Crippen LogP contribution in [-0.4, -0.2) is 17.0 Å². The number of carbonyl (C=O) groups is 2. The van der Waals surface area contributed by atoms with Crippen LogP contribution in [0.5, 0.6) is 0 Å². The molecule has 5 heteroatoms. The topological polar surface area (TPSA) is 79.5 Å². The Morgan fingerprint density at radius 2 is 1.74 bits per heavy atom. The Labute approximate surface area is 132 Å². The minimum absolute atomic E-state index is 0.127. The van der Waals surface area contributed by atoms with E-state index in [1.165, 1.54) is 0 Å². The summed E-state index contributed by atoms with van der Waals surface area (Å²) in [5.41, 5.74) is 1.43. The van der Waals surface area contributed by atoms with Crippen LogP contribution in [0.15, 0.2) is 65.1 Å². The van der Waals surface area contributed by atoms with Crippen LogP contribution >= 0.6 is 0 Å². The number of hydrogen-bond donors (Lipinski definition) is 2. The molecular weight excluding hydrogens is 294 g/mol. The van der Waals surface area contributed by atoms with Crippen molar-refractivity contribution in [1.29, 1.82) is 0 Å². The summed E-state index contributed by atoms with van der Waals surface area (Å²) in [5.74, 6) is -2.69. The number of benzene rings is 2. The first kappa shape index (κ1) is 14.8. The third-order valence-corrected chi connectivity index (χ3v) is 3.57. The number of carboxylic acid groups (broad SMARTS) is 1. The van der Waals surface area contributed by atoms with Crippen LogP contribution in [0.4, 0.5) is 5.88 Å². The summed E-state index contributed by atoms with van der Waals surface area (Å²) in [4.78, 5) is 23.7. The van der Waals surface area contributed by atoms with Gasteiger partial charge in [-0.15, -0.1) is 0 Å². The fourth-order valence-electron chi connectivity index (χ4n) is 2.39. The summed E-state index contributed by atoms with van der Waals surface area (Å²) >= 11 is 0. The van der Waals surface area contributed by atoms with E-state index in [2.05, 4.69) is 5.32 Å². The van der Waals surface area contributed by atoms with Crippen LogP contribution in [0.25, 0.3) is 11.0 Å². The summed E-state index contributed by atoms with van der Waals surface area (Å²) in [5, 5.41) is 12.7. The first-order valence-corrected chi connectivity index (χ1v) is 7.19. The molecule has 1 atom stereocenters. The lowest BCUT2D eigenvalue weighted by molar-refractivity contribution is -0.145. The van der Waals surface area contributed by atoms with E-state index in [9.17, 15) is 14.7 Å². The average molecular weight is 309 g/mol. The van der Waals surface area contributed by atoms with Gasteiger partial charge in [-0.3, -0.25) is 14.9 Å². The van der Waals surface area contributed by atoms with E-state index in [-0.39, 0.29) is 12.3 Å². The van der Waals surface area contributed by atoms with Crippen LogP contribution in [-0.2, 0) is 16.0 Å². The van der Waals surface area contributed by atoms with Gasteiger partial charge in [-0.05, 0) is 18.1 Å². The molecule has 0 radical (unpaired) electrons. The van der Waals surface area contributed by atoms with Crippen LogP contribution in [0.2, 0.25) is 0 Å². The maximum absolute atomic E-state index is 12.3. The number of nitrogens with one attached hydrogen (secondary N) is 1. The number of para-hydroxylation sites is 1. The molecule has 2 N–H and O–H groups in total. The molecule has 1 aromatic heterocycles. The van der Waals surface area contributed by atoms with E-state index in [0.717, 1.165) is 10.9 Å². The number of carbonyl (C=O) groups excluding carboxylic acids is 1. The zero-order valence-corrected chi connectivity index (χ0v) is 12.2. The number of carboxylic acids is 1. The first-order valence-electron chi connectivity index (χ1n) is 7.19. The number of furan rings is 1. The quantitative estimate of drug-likeness (QED) is 0.709. The SMILES string of the molecule is O=C(O)C(Cc1ccccc1)C(=O)Nc1cc2ccccc2o1. The van der Waals surface area contributed by atoms with Gasteiger partial charge >= 0.3 is 5.97 Å². The van der Waals surface area contributed by atoms with Gasteiger partial charge in [0.05, 0.1) is 0 Å². The second-order valence-corrected chi connectivity index (χ2v) is 5.22. The van der Waals surface area contributed by atoms with Crippen LogP contribution in [0, 0.1) is 5.92 Å². The summed E-state index contributed by atoms with van der Waals surface area (Å²) in [7, 11) is 0. The van der Waals surface area contributed by atoms with Gasteiger partial charge in [0.25, 0.3) is 0 Å². The Balaban J connectivity index is 1.77. The van der Waals surface area contributed by atoms with E-state index in [4.69, 9.17) is 4.42 Å². The lowest BCUT2D eigenvalue weighted by atomic mass is 9.98. The van der Waals surface area contributed by atoms with Gasteiger partial charge in [0.2, 0.25) is 11.8 Å². The maximum Gasteiger partial charge on any atom is 0.316 e. The van der Waals surface area contributed by atoms with Crippen LogP contribution in [0.1, 0.15) is 5.56 Å². The molecule has 1 unspecified atom stereocenters. The number of anilines is 1. The molecule has 2 aromatic carbocycles. The molecule has 23 heavy (non-hydrogen) atoms. The summed E-state index contributed by atoms with van der Waals surface area (Å²) in [6.07, 6.45) is 0.127. The largest absolute Gasteiger partial charge is 0.481 e. The minimum Gasteiger partial charge on any atom is -0.481 e.